The van der Waals surface area contributed by atoms with Crippen molar-refractivity contribution in [3.63, 3.8) is 0 Å². The number of phenolic OH excluding ortho intramolecular Hbond substituents is 1. The van der Waals surface area contributed by atoms with Crippen LogP contribution in [0.5, 0.6) is 5.75 Å². The van der Waals surface area contributed by atoms with Crippen LogP contribution in [0.1, 0.15) is 23.7 Å². The summed E-state index contributed by atoms with van der Waals surface area (Å²) in [6.45, 7) is 1.92. The minimum Gasteiger partial charge on any atom is -0.507 e. The van der Waals surface area contributed by atoms with Gasteiger partial charge in [-0.25, -0.2) is 0 Å². The molecule has 0 saturated carbocycles. The normalized spacial score (nSPS) is 12.2. The van der Waals surface area contributed by atoms with Crippen LogP contribution in [0.25, 0.3) is 0 Å². The first-order valence-electron chi connectivity index (χ1n) is 4.93. The first kappa shape index (κ1) is 13.1. The average Bonchev–Trinajstić information content (AvgIpc) is 2.28. The lowest BCUT2D eigenvalue weighted by Crippen LogP contribution is -2.35. The zero-order chi connectivity index (χ0) is 12.1. The van der Waals surface area contributed by atoms with Gasteiger partial charge in [0.25, 0.3) is 5.91 Å². The largest absolute Gasteiger partial charge is 0.507 e. The molecule has 0 heterocycles. The van der Waals surface area contributed by atoms with E-state index in [2.05, 4.69) is 5.32 Å². The molecular formula is C11H13Cl2NO2. The summed E-state index contributed by atoms with van der Waals surface area (Å²) in [5, 5.41) is 12.6. The lowest BCUT2D eigenvalue weighted by atomic mass is 10.1. The van der Waals surface area contributed by atoms with Crippen molar-refractivity contribution in [3.05, 3.63) is 28.8 Å². The molecule has 1 rings (SSSR count). The number of aromatic hydroxyl groups is 1. The highest BCUT2D eigenvalue weighted by Gasteiger charge is 2.14. The van der Waals surface area contributed by atoms with Gasteiger partial charge in [-0.1, -0.05) is 18.5 Å². The molecule has 2 N–H and O–H groups in total. The molecule has 88 valence electrons. The van der Waals surface area contributed by atoms with Gasteiger partial charge in [-0.2, -0.15) is 0 Å². The summed E-state index contributed by atoms with van der Waals surface area (Å²) < 4.78 is 0. The van der Waals surface area contributed by atoms with E-state index in [0.717, 1.165) is 6.42 Å². The Bertz CT molecular complexity index is 378. The maximum Gasteiger partial charge on any atom is 0.255 e. The van der Waals surface area contributed by atoms with Crippen molar-refractivity contribution in [1.29, 1.82) is 0 Å². The second kappa shape index (κ2) is 5.97. The van der Waals surface area contributed by atoms with Crippen molar-refractivity contribution in [1.82, 2.24) is 5.32 Å². The van der Waals surface area contributed by atoms with Gasteiger partial charge in [0.05, 0.1) is 5.56 Å². The lowest BCUT2D eigenvalue weighted by molar-refractivity contribution is 0.0937. The van der Waals surface area contributed by atoms with Crippen LogP contribution in [0, 0.1) is 0 Å². The Kier molecular flexibility index (Phi) is 4.90. The zero-order valence-electron chi connectivity index (χ0n) is 8.84. The molecule has 1 aromatic carbocycles. The van der Waals surface area contributed by atoms with Crippen LogP contribution in [0.15, 0.2) is 18.2 Å². The van der Waals surface area contributed by atoms with Gasteiger partial charge in [0.1, 0.15) is 5.75 Å². The number of amides is 1. The SMILES string of the molecule is CCC(CCl)NC(=O)c1cc(Cl)ccc1O. The minimum absolute atomic E-state index is 0.0914. The Hall–Kier alpha value is -0.930. The van der Waals surface area contributed by atoms with Gasteiger partial charge in [0, 0.05) is 16.9 Å². The van der Waals surface area contributed by atoms with E-state index in [-0.39, 0.29) is 23.3 Å². The third-order valence-corrected chi connectivity index (χ3v) is 2.83. The molecule has 1 aromatic rings. The molecule has 0 aliphatic rings. The molecule has 1 amide bonds. The predicted molar refractivity (Wildman–Crippen MR) is 65.4 cm³/mol. The van der Waals surface area contributed by atoms with Crippen molar-refractivity contribution >= 4 is 29.1 Å². The molecule has 0 spiro atoms. The Labute approximate surface area is 104 Å². The molecule has 0 fully saturated rings. The molecule has 0 bridgehead atoms. The third-order valence-electron chi connectivity index (χ3n) is 2.22. The Morgan fingerprint density at radius 2 is 2.25 bits per heavy atom. The van der Waals surface area contributed by atoms with E-state index in [9.17, 15) is 9.90 Å². The van der Waals surface area contributed by atoms with Crippen LogP contribution >= 0.6 is 23.2 Å². The fraction of sp³-hybridized carbons (Fsp3) is 0.364. The van der Waals surface area contributed by atoms with Crippen LogP contribution in [0.4, 0.5) is 0 Å². The number of hydrogen-bond donors (Lipinski definition) is 2. The number of halogens is 2. The topological polar surface area (TPSA) is 49.3 Å². The van der Waals surface area contributed by atoms with Gasteiger partial charge in [-0.05, 0) is 24.6 Å². The Morgan fingerprint density at radius 1 is 1.56 bits per heavy atom. The van der Waals surface area contributed by atoms with Crippen LogP contribution in [0.2, 0.25) is 5.02 Å². The summed E-state index contributed by atoms with van der Waals surface area (Å²) in [6, 6.07) is 4.23. The Morgan fingerprint density at radius 3 is 2.81 bits per heavy atom. The van der Waals surface area contributed by atoms with E-state index >= 15 is 0 Å². The highest BCUT2D eigenvalue weighted by molar-refractivity contribution is 6.31. The number of hydrogen-bond acceptors (Lipinski definition) is 2. The number of phenols is 1. The van der Waals surface area contributed by atoms with E-state index in [1.54, 1.807) is 0 Å². The maximum atomic E-state index is 11.8. The fourth-order valence-corrected chi connectivity index (χ4v) is 1.67. The predicted octanol–water partition coefficient (Wildman–Crippen LogP) is 2.79. The van der Waals surface area contributed by atoms with E-state index < -0.39 is 0 Å². The number of carbonyl (C=O) groups is 1. The summed E-state index contributed by atoms with van der Waals surface area (Å²) in [5.74, 6) is -0.123. The van der Waals surface area contributed by atoms with Gasteiger partial charge in [0.15, 0.2) is 0 Å². The summed E-state index contributed by atoms with van der Waals surface area (Å²) in [7, 11) is 0. The summed E-state index contributed by atoms with van der Waals surface area (Å²) in [5.41, 5.74) is 0.163. The van der Waals surface area contributed by atoms with Crippen LogP contribution in [-0.4, -0.2) is 22.9 Å². The molecule has 0 aliphatic heterocycles. The van der Waals surface area contributed by atoms with E-state index in [1.165, 1.54) is 18.2 Å². The molecule has 0 aromatic heterocycles. The fourth-order valence-electron chi connectivity index (χ4n) is 1.20. The second-order valence-corrected chi connectivity index (χ2v) is 4.14. The molecule has 16 heavy (non-hydrogen) atoms. The van der Waals surface area contributed by atoms with Gasteiger partial charge in [0.2, 0.25) is 0 Å². The first-order chi connectivity index (χ1) is 7.58. The average molecular weight is 262 g/mol. The molecule has 0 radical (unpaired) electrons. The molecule has 3 nitrogen and oxygen atoms in total. The van der Waals surface area contributed by atoms with Gasteiger partial charge in [-0.3, -0.25) is 4.79 Å². The second-order valence-electron chi connectivity index (χ2n) is 3.39. The number of rotatable bonds is 4. The standard InChI is InChI=1S/C11H13Cl2NO2/c1-2-8(6-12)14-11(16)9-5-7(13)3-4-10(9)15/h3-5,8,15H,2,6H2,1H3,(H,14,16). The van der Waals surface area contributed by atoms with E-state index in [0.29, 0.717) is 10.9 Å². The molecular weight excluding hydrogens is 249 g/mol. The molecule has 1 atom stereocenters. The highest BCUT2D eigenvalue weighted by atomic mass is 35.5. The van der Waals surface area contributed by atoms with Gasteiger partial charge >= 0.3 is 0 Å². The number of alkyl halides is 1. The van der Waals surface area contributed by atoms with E-state index in [4.69, 9.17) is 23.2 Å². The van der Waals surface area contributed by atoms with Crippen LogP contribution < -0.4 is 5.32 Å². The van der Waals surface area contributed by atoms with Crippen molar-refractivity contribution in [2.45, 2.75) is 19.4 Å². The molecule has 0 aliphatic carbocycles. The van der Waals surface area contributed by atoms with Crippen molar-refractivity contribution < 1.29 is 9.90 Å². The highest BCUT2D eigenvalue weighted by Crippen LogP contribution is 2.21. The summed E-state index contributed by atoms with van der Waals surface area (Å²) in [4.78, 5) is 11.8. The minimum atomic E-state index is -0.368. The Balaban J connectivity index is 2.83. The van der Waals surface area contributed by atoms with Crippen molar-refractivity contribution in [2.75, 3.05) is 5.88 Å². The van der Waals surface area contributed by atoms with Crippen LogP contribution in [0.3, 0.4) is 0 Å². The monoisotopic (exact) mass is 261 g/mol. The summed E-state index contributed by atoms with van der Waals surface area (Å²) >= 11 is 11.4. The summed E-state index contributed by atoms with van der Waals surface area (Å²) in [6.07, 6.45) is 0.733. The molecule has 0 saturated heterocycles. The molecule has 5 heteroatoms. The number of benzene rings is 1. The third kappa shape index (κ3) is 3.29. The molecule has 1 unspecified atom stereocenters. The van der Waals surface area contributed by atoms with Gasteiger partial charge < -0.3 is 10.4 Å². The van der Waals surface area contributed by atoms with E-state index in [1.807, 2.05) is 6.92 Å². The first-order valence-corrected chi connectivity index (χ1v) is 5.85. The zero-order valence-corrected chi connectivity index (χ0v) is 10.3. The van der Waals surface area contributed by atoms with Crippen molar-refractivity contribution in [3.8, 4) is 5.75 Å². The smallest absolute Gasteiger partial charge is 0.255 e. The quantitative estimate of drug-likeness (QED) is 0.820. The maximum absolute atomic E-state index is 11.8. The van der Waals surface area contributed by atoms with Crippen LogP contribution in [-0.2, 0) is 0 Å². The lowest BCUT2D eigenvalue weighted by Gasteiger charge is -2.14. The number of carbonyl (C=O) groups excluding carboxylic acids is 1. The number of nitrogens with one attached hydrogen (secondary N) is 1. The van der Waals surface area contributed by atoms with Crippen molar-refractivity contribution in [2.24, 2.45) is 0 Å². The van der Waals surface area contributed by atoms with Gasteiger partial charge in [-0.15, -0.1) is 11.6 Å².